The number of imide groups is 1. The predicted octanol–water partition coefficient (Wildman–Crippen LogP) is 4.89. The van der Waals surface area contributed by atoms with Gasteiger partial charge in [0.15, 0.2) is 16.9 Å². The van der Waals surface area contributed by atoms with Crippen LogP contribution in [0.2, 0.25) is 0 Å². The average molecular weight is 1400 g/mol. The highest BCUT2D eigenvalue weighted by atomic mass is 32.1. The number of pyridine rings is 1. The van der Waals surface area contributed by atoms with E-state index in [4.69, 9.17) is 29.0 Å². The van der Waals surface area contributed by atoms with Gasteiger partial charge in [0.1, 0.15) is 49.1 Å². The number of aliphatic carboxylic acids is 1. The number of aromatic nitrogens is 4. The molecule has 0 radical (unpaired) electrons. The summed E-state index contributed by atoms with van der Waals surface area (Å²) in [6.45, 7) is 6.31. The zero-order valence-corrected chi connectivity index (χ0v) is 56.5. The highest BCUT2D eigenvalue weighted by Gasteiger charge is 2.66. The Labute approximate surface area is 579 Å². The number of aliphatic hydroxyl groups excluding tert-OH is 6. The van der Waals surface area contributed by atoms with Crippen molar-refractivity contribution in [1.29, 1.82) is 0 Å². The maximum absolute atomic E-state index is 14.4. The molecule has 1 saturated heterocycles. The fourth-order valence-electron chi connectivity index (χ4n) is 16.6. The molecule has 6 heterocycles. The zero-order valence-electron chi connectivity index (χ0n) is 55.7. The van der Waals surface area contributed by atoms with Gasteiger partial charge in [0.25, 0.3) is 17.7 Å². The van der Waals surface area contributed by atoms with Crippen molar-refractivity contribution in [2.75, 3.05) is 56.2 Å². The van der Waals surface area contributed by atoms with E-state index < -0.39 is 104 Å². The van der Waals surface area contributed by atoms with Crippen molar-refractivity contribution in [2.24, 2.45) is 16.2 Å². The SMILES string of the molecule is Cc1c(-c2ccc(N3CCc4cccc(C(=O)Nc5nc6ccccc6s5)c4C3)nc2C(=O)O)cnn1CC12CC3(C)CC(C)(C1)CC(OCCN(CC[C@H](O)[C@H](O)CO)C(=O)OCc1ccc(CCCCNC(=O)CN4C(=O)C=CC4=O)cc1O[C@@H]1O[C@H](C(=O)O)[C@@H](O)[C@H](O)[C@H]1O)(C3)C2. The second kappa shape index (κ2) is 29.1. The lowest BCUT2D eigenvalue weighted by molar-refractivity contribution is -0.271. The van der Waals surface area contributed by atoms with E-state index in [1.807, 2.05) is 59.0 Å². The van der Waals surface area contributed by atoms with Gasteiger partial charge in [-0.2, -0.15) is 5.10 Å². The van der Waals surface area contributed by atoms with Crippen molar-refractivity contribution in [1.82, 2.24) is 34.9 Å². The van der Waals surface area contributed by atoms with Crippen molar-refractivity contribution in [3.63, 3.8) is 0 Å². The molecule has 4 bridgehead atoms. The summed E-state index contributed by atoms with van der Waals surface area (Å²) < 4.78 is 27.4. The van der Waals surface area contributed by atoms with E-state index in [0.29, 0.717) is 84.9 Å². The number of ether oxygens (including phenoxy) is 4. The normalized spacial score (nSPS) is 25.8. The summed E-state index contributed by atoms with van der Waals surface area (Å²) in [5.41, 5.74) is 4.43. The number of anilines is 2. The van der Waals surface area contributed by atoms with Crippen LogP contribution >= 0.6 is 11.3 Å². The van der Waals surface area contributed by atoms with Gasteiger partial charge in [0, 0.05) is 79.4 Å². The monoisotopic (exact) mass is 1400 g/mol. The lowest BCUT2D eigenvalue weighted by Crippen LogP contribution is -2.64. The summed E-state index contributed by atoms with van der Waals surface area (Å²) in [4.78, 5) is 103. The summed E-state index contributed by atoms with van der Waals surface area (Å²) in [5, 5.41) is 94.5. The highest BCUT2D eigenvalue weighted by molar-refractivity contribution is 7.22. The molecule has 2 unspecified atom stereocenters. The summed E-state index contributed by atoms with van der Waals surface area (Å²) in [5.74, 6) is -4.42. The summed E-state index contributed by atoms with van der Waals surface area (Å²) >= 11 is 1.39. The number of amides is 5. The number of nitrogens with zero attached hydrogens (tertiary/aromatic N) is 7. The number of aliphatic hydroxyl groups is 6. The number of unbranched alkanes of at least 4 members (excludes halogenated alkanes) is 1. The van der Waals surface area contributed by atoms with E-state index in [1.54, 1.807) is 36.5 Å². The first-order valence-electron chi connectivity index (χ1n) is 33.6. The topological polar surface area (TPSA) is 396 Å². The number of carbonyl (C=O) groups excluding carboxylic acids is 5. The molecule has 532 valence electrons. The Balaban J connectivity index is 0.718. The Kier molecular flexibility index (Phi) is 20.6. The number of benzene rings is 3. The van der Waals surface area contributed by atoms with Gasteiger partial charge in [-0.05, 0) is 147 Å². The van der Waals surface area contributed by atoms with Gasteiger partial charge in [-0.3, -0.25) is 34.1 Å². The van der Waals surface area contributed by atoms with Crippen LogP contribution in [0.4, 0.5) is 15.7 Å². The molecule has 4 saturated carbocycles. The Hall–Kier alpha value is -8.78. The number of rotatable bonds is 28. The van der Waals surface area contributed by atoms with Crippen LogP contribution in [0.15, 0.2) is 91.1 Å². The minimum atomic E-state index is -2.01. The number of fused-ring (bicyclic) bond motifs is 2. The van der Waals surface area contributed by atoms with E-state index in [2.05, 4.69) is 29.5 Å². The Morgan fingerprint density at radius 2 is 1.60 bits per heavy atom. The maximum atomic E-state index is 14.4. The molecule has 7 aliphatic rings. The van der Waals surface area contributed by atoms with E-state index in [9.17, 15) is 74.4 Å². The summed E-state index contributed by atoms with van der Waals surface area (Å²) in [6, 6.07) is 21.7. The molecule has 5 fully saturated rings. The molecule has 29 heteroatoms. The number of aryl methyl sites for hydroxylation is 1. The predicted molar refractivity (Wildman–Crippen MR) is 360 cm³/mol. The van der Waals surface area contributed by atoms with Crippen molar-refractivity contribution in [2.45, 2.75) is 160 Å². The van der Waals surface area contributed by atoms with Crippen LogP contribution in [0.3, 0.4) is 0 Å². The second-order valence-electron chi connectivity index (χ2n) is 28.3. The van der Waals surface area contributed by atoms with Crippen LogP contribution in [0.5, 0.6) is 5.75 Å². The molecule has 10 N–H and O–H groups in total. The second-order valence-corrected chi connectivity index (χ2v) is 29.3. The molecule has 6 aromatic rings. The molecule has 9 atom stereocenters. The van der Waals surface area contributed by atoms with Crippen LogP contribution in [-0.2, 0) is 65.9 Å². The molecule has 13 rings (SSSR count). The van der Waals surface area contributed by atoms with Crippen LogP contribution in [0, 0.1) is 23.2 Å². The van der Waals surface area contributed by atoms with Crippen molar-refractivity contribution in [3.05, 3.63) is 130 Å². The molecule has 3 aliphatic heterocycles. The standard InChI is InChI=1S/C71H83N9O19S/c1-40-46(44-16-17-53(75-57(44)63(91)92)78-23-20-42-10-8-11-45(47(42)29-78)62(90)76-66-74-48-12-4-5-13-52(48)100-66)28-73-80(40)39-70-34-68(2)33-69(3,35-70)37-71(36-68,38-70)97-26-25-77(24-21-49(82)50(83)31-81)67(95)96-32-43-15-14-41(9-6-7-22-72-54(84)30-79-55(85)18-19-56(79)86)27-51(43)98-65-60(89)58(87)59(88)61(99-65)64(93)94/h4-5,8,10-19,27-28,49-50,58-61,65,81-83,87-89H,6-7,9,20-26,29-39H2,1-3H3,(H,72,84)(H,91,92)(H,93,94)(H,74,76,90)/t49-,50+,58-,59-,60+,61-,65+,68?,69?,70?,71?/m0/s1. The molecular formula is C71H83N9O19S. The minimum absolute atomic E-state index is 0.0329. The van der Waals surface area contributed by atoms with Gasteiger partial charge >= 0.3 is 18.0 Å². The number of carboxylic acids is 2. The fourth-order valence-corrected chi connectivity index (χ4v) is 17.5. The van der Waals surface area contributed by atoms with Crippen LogP contribution < -0.4 is 20.3 Å². The molecule has 5 amide bonds. The Morgan fingerprint density at radius 1 is 0.840 bits per heavy atom. The number of carboxylic acid groups (broad SMARTS) is 2. The zero-order chi connectivity index (χ0) is 71.0. The molecule has 3 aromatic heterocycles. The first-order valence-corrected chi connectivity index (χ1v) is 34.4. The number of carbonyl (C=O) groups is 7. The largest absolute Gasteiger partial charge is 0.479 e. The molecule has 28 nitrogen and oxygen atoms in total. The van der Waals surface area contributed by atoms with Crippen molar-refractivity contribution in [3.8, 4) is 16.9 Å². The number of para-hydroxylation sites is 1. The van der Waals surface area contributed by atoms with Gasteiger partial charge < -0.3 is 74.9 Å². The molecule has 0 spiro atoms. The van der Waals surface area contributed by atoms with E-state index in [0.717, 1.165) is 76.2 Å². The number of hydrogen-bond acceptors (Lipinski definition) is 22. The van der Waals surface area contributed by atoms with Gasteiger partial charge in [0.2, 0.25) is 12.2 Å². The number of aromatic carboxylic acids is 1. The van der Waals surface area contributed by atoms with E-state index in [-0.39, 0.29) is 71.8 Å². The Bertz CT molecular complexity index is 4090. The Morgan fingerprint density at radius 3 is 2.33 bits per heavy atom. The lowest BCUT2D eigenvalue weighted by atomic mass is 9.39. The van der Waals surface area contributed by atoms with E-state index >= 15 is 0 Å². The summed E-state index contributed by atoms with van der Waals surface area (Å²) in [7, 11) is 0. The smallest absolute Gasteiger partial charge is 0.410 e. The van der Waals surface area contributed by atoms with Gasteiger partial charge in [-0.25, -0.2) is 24.4 Å². The number of thiazole rings is 1. The molecule has 100 heavy (non-hydrogen) atoms. The third-order valence-corrected chi connectivity index (χ3v) is 21.2. The first kappa shape index (κ1) is 71.1. The van der Waals surface area contributed by atoms with Gasteiger partial charge in [-0.15, -0.1) is 0 Å². The minimum Gasteiger partial charge on any atom is -0.479 e. The molecule has 4 aliphatic carbocycles. The van der Waals surface area contributed by atoms with Crippen molar-refractivity contribution < 1.29 is 93.4 Å². The quantitative estimate of drug-likeness (QED) is 0.0231. The average Bonchev–Trinajstić information content (AvgIpc) is 0.749. The summed E-state index contributed by atoms with van der Waals surface area (Å²) in [6.07, 6.45) is -3.03. The lowest BCUT2D eigenvalue weighted by Gasteiger charge is -2.69. The van der Waals surface area contributed by atoms with Gasteiger partial charge in [0.05, 0.1) is 41.3 Å². The highest BCUT2D eigenvalue weighted by Crippen LogP contribution is 2.72. The number of nitrogens with one attached hydrogen (secondary N) is 2. The van der Waals surface area contributed by atoms with Crippen molar-refractivity contribution >= 4 is 74.2 Å². The fraction of sp³-hybridized carbons (Fsp3) is 0.493. The van der Waals surface area contributed by atoms with Crippen LogP contribution in [0.1, 0.15) is 120 Å². The van der Waals surface area contributed by atoms with Crippen LogP contribution in [-0.4, -0.2) is 207 Å². The maximum Gasteiger partial charge on any atom is 0.410 e. The first-order chi connectivity index (χ1) is 47.7. The number of hydrogen-bond donors (Lipinski definition) is 10. The molecular weight excluding hydrogens is 1310 g/mol. The van der Waals surface area contributed by atoms with Crippen LogP contribution in [0.25, 0.3) is 21.3 Å². The van der Waals surface area contributed by atoms with Gasteiger partial charge in [-0.1, -0.05) is 61.6 Å². The molecule has 3 aromatic carbocycles. The third-order valence-electron chi connectivity index (χ3n) is 20.3. The van der Waals surface area contributed by atoms with E-state index in [1.165, 1.54) is 16.2 Å². The third kappa shape index (κ3) is 15.3.